The minimum Gasteiger partial charge on any atom is -0.493 e. The van der Waals surface area contributed by atoms with E-state index in [2.05, 4.69) is 76.2 Å². The maximum atomic E-state index is 10.2. The van der Waals surface area contributed by atoms with Gasteiger partial charge in [-0.1, -0.05) is 64.1 Å². The van der Waals surface area contributed by atoms with Gasteiger partial charge in [0.1, 0.15) is 23.0 Å². The Kier molecular flexibility index (Phi) is 12.0. The molecule has 0 saturated heterocycles. The van der Waals surface area contributed by atoms with Crippen LogP contribution in [-0.4, -0.2) is 26.4 Å². The molecule has 0 unspecified atom stereocenters. The zero-order valence-electron chi connectivity index (χ0n) is 28.8. The number of hydrogen-bond acceptors (Lipinski definition) is 6. The summed E-state index contributed by atoms with van der Waals surface area (Å²) in [5.74, 6) is 3.31. The molecule has 5 rings (SSSR count). The average Bonchev–Trinajstić information content (AvgIpc) is 3.09. The van der Waals surface area contributed by atoms with E-state index in [1.807, 2.05) is 24.3 Å². The van der Waals surface area contributed by atoms with Gasteiger partial charge < -0.3 is 18.9 Å². The molecule has 0 aliphatic heterocycles. The predicted octanol–water partition coefficient (Wildman–Crippen LogP) is 9.26. The maximum Gasteiger partial charge on any atom is 0.126 e. The molecular weight excluding hydrogens is 596 g/mol. The Bertz CT molecular complexity index is 1680. The second-order valence-electron chi connectivity index (χ2n) is 12.4. The summed E-state index contributed by atoms with van der Waals surface area (Å²) < 4.78 is 26.1. The van der Waals surface area contributed by atoms with Crippen LogP contribution in [0.4, 0.5) is 0 Å². The van der Waals surface area contributed by atoms with Gasteiger partial charge in [0.25, 0.3) is 0 Å². The largest absolute Gasteiger partial charge is 0.493 e. The summed E-state index contributed by atoms with van der Waals surface area (Å²) >= 11 is 0. The fraction of sp³-hybridized carbons (Fsp3) is 0.381. The molecule has 1 aliphatic rings. The summed E-state index contributed by atoms with van der Waals surface area (Å²) in [6, 6.07) is 25.2. The Balaban J connectivity index is 1.83. The highest BCUT2D eigenvalue weighted by Crippen LogP contribution is 2.40. The summed E-state index contributed by atoms with van der Waals surface area (Å²) in [5, 5.41) is 20.4. The van der Waals surface area contributed by atoms with Gasteiger partial charge in [-0.2, -0.15) is 10.5 Å². The number of nitriles is 2. The molecular formula is C42H46N2O4. The van der Waals surface area contributed by atoms with Crippen molar-refractivity contribution in [1.82, 2.24) is 0 Å². The normalized spacial score (nSPS) is 12.0. The summed E-state index contributed by atoms with van der Waals surface area (Å²) in [6.07, 6.45) is 5.62. The SMILES string of the molecule is CCCOc1c2cccc1Cc1cc(C#N)cc(c1OCCC)Cc1cc(C#N)cc(c1OCCC)Cc1cccc(c1OCCC)C2. The highest BCUT2D eigenvalue weighted by atomic mass is 16.5. The first kappa shape index (κ1) is 34.4. The minimum atomic E-state index is 0.446. The zero-order valence-corrected chi connectivity index (χ0v) is 28.8. The van der Waals surface area contributed by atoms with E-state index in [-0.39, 0.29) is 0 Å². The number of ether oxygens (including phenoxy) is 4. The fourth-order valence-electron chi connectivity index (χ4n) is 6.37. The lowest BCUT2D eigenvalue weighted by atomic mass is 9.89. The van der Waals surface area contributed by atoms with Gasteiger partial charge in [0.05, 0.1) is 49.7 Å². The van der Waals surface area contributed by atoms with Crippen LogP contribution in [0, 0.1) is 22.7 Å². The average molecular weight is 643 g/mol. The van der Waals surface area contributed by atoms with Gasteiger partial charge in [0.15, 0.2) is 0 Å². The van der Waals surface area contributed by atoms with Gasteiger partial charge in [-0.3, -0.25) is 0 Å². The third kappa shape index (κ3) is 7.95. The molecule has 0 amide bonds. The molecule has 0 spiro atoms. The Morgan fingerprint density at radius 2 is 0.688 bits per heavy atom. The summed E-state index contributed by atoms with van der Waals surface area (Å²) in [5.41, 5.74) is 9.05. The maximum absolute atomic E-state index is 10.2. The lowest BCUT2D eigenvalue weighted by Gasteiger charge is -2.23. The molecule has 48 heavy (non-hydrogen) atoms. The van der Waals surface area contributed by atoms with Crippen molar-refractivity contribution in [3.8, 4) is 35.1 Å². The van der Waals surface area contributed by atoms with Crippen LogP contribution in [-0.2, 0) is 25.7 Å². The van der Waals surface area contributed by atoms with E-state index in [0.717, 1.165) is 93.2 Å². The lowest BCUT2D eigenvalue weighted by Crippen LogP contribution is -2.10. The molecule has 0 N–H and O–H groups in total. The van der Waals surface area contributed by atoms with Gasteiger partial charge in [0.2, 0.25) is 0 Å². The highest BCUT2D eigenvalue weighted by Gasteiger charge is 2.23. The van der Waals surface area contributed by atoms with E-state index in [1.165, 1.54) is 0 Å². The van der Waals surface area contributed by atoms with Crippen LogP contribution in [0.25, 0.3) is 0 Å². The number of hydrogen-bond donors (Lipinski definition) is 0. The molecule has 1 aliphatic carbocycles. The van der Waals surface area contributed by atoms with Gasteiger partial charge in [-0.15, -0.1) is 0 Å². The van der Waals surface area contributed by atoms with Crippen LogP contribution >= 0.6 is 0 Å². The van der Waals surface area contributed by atoms with Crippen LogP contribution in [0.5, 0.6) is 23.0 Å². The Morgan fingerprint density at radius 1 is 0.438 bits per heavy atom. The molecule has 8 bridgehead atoms. The second kappa shape index (κ2) is 16.8. The van der Waals surface area contributed by atoms with Crippen molar-refractivity contribution in [2.45, 2.75) is 79.1 Å². The number of nitrogens with zero attached hydrogens (tertiary/aromatic N) is 2. The first-order chi connectivity index (χ1) is 23.5. The van der Waals surface area contributed by atoms with Crippen LogP contribution < -0.4 is 18.9 Å². The van der Waals surface area contributed by atoms with Crippen molar-refractivity contribution in [1.29, 1.82) is 10.5 Å². The molecule has 4 aromatic rings. The van der Waals surface area contributed by atoms with Crippen LogP contribution in [0.15, 0.2) is 60.7 Å². The Hall–Kier alpha value is -4.94. The minimum absolute atomic E-state index is 0.446. The van der Waals surface area contributed by atoms with Gasteiger partial charge >= 0.3 is 0 Å². The molecule has 0 aromatic heterocycles. The number of fused-ring (bicyclic) bond motifs is 8. The fourth-order valence-corrected chi connectivity index (χ4v) is 6.37. The third-order valence-corrected chi connectivity index (χ3v) is 8.43. The smallest absolute Gasteiger partial charge is 0.126 e. The summed E-state index contributed by atoms with van der Waals surface area (Å²) in [7, 11) is 0. The van der Waals surface area contributed by atoms with E-state index in [0.29, 0.717) is 63.2 Å². The van der Waals surface area contributed by atoms with Crippen molar-refractivity contribution in [2.75, 3.05) is 26.4 Å². The summed E-state index contributed by atoms with van der Waals surface area (Å²) in [4.78, 5) is 0. The van der Waals surface area contributed by atoms with Crippen LogP contribution in [0.3, 0.4) is 0 Å². The number of rotatable bonds is 12. The van der Waals surface area contributed by atoms with Gasteiger partial charge in [0, 0.05) is 47.9 Å². The van der Waals surface area contributed by atoms with Crippen LogP contribution in [0.2, 0.25) is 0 Å². The van der Waals surface area contributed by atoms with E-state index >= 15 is 0 Å². The van der Waals surface area contributed by atoms with E-state index < -0.39 is 0 Å². The lowest BCUT2D eigenvalue weighted by molar-refractivity contribution is 0.304. The molecule has 248 valence electrons. The van der Waals surface area contributed by atoms with Crippen molar-refractivity contribution in [3.63, 3.8) is 0 Å². The van der Waals surface area contributed by atoms with Crippen molar-refractivity contribution in [2.24, 2.45) is 0 Å². The molecule has 0 radical (unpaired) electrons. The van der Waals surface area contributed by atoms with Crippen molar-refractivity contribution >= 4 is 0 Å². The monoisotopic (exact) mass is 642 g/mol. The summed E-state index contributed by atoms with van der Waals surface area (Å²) in [6.45, 7) is 10.7. The quantitative estimate of drug-likeness (QED) is 0.135. The molecule has 6 nitrogen and oxygen atoms in total. The van der Waals surface area contributed by atoms with Gasteiger partial charge in [-0.05, 0) is 72.2 Å². The third-order valence-electron chi connectivity index (χ3n) is 8.43. The van der Waals surface area contributed by atoms with Crippen LogP contribution in [0.1, 0.15) is 109 Å². The zero-order chi connectivity index (χ0) is 33.9. The van der Waals surface area contributed by atoms with E-state index in [9.17, 15) is 10.5 Å². The van der Waals surface area contributed by atoms with Gasteiger partial charge in [-0.25, -0.2) is 0 Å². The Labute approximate surface area is 285 Å². The first-order valence-electron chi connectivity index (χ1n) is 17.4. The number of benzene rings is 4. The van der Waals surface area contributed by atoms with Crippen molar-refractivity contribution in [3.05, 3.63) is 116 Å². The van der Waals surface area contributed by atoms with E-state index in [1.54, 1.807) is 0 Å². The molecule has 0 saturated carbocycles. The van der Waals surface area contributed by atoms with E-state index in [4.69, 9.17) is 18.9 Å². The molecule has 0 atom stereocenters. The number of para-hydroxylation sites is 2. The predicted molar refractivity (Wildman–Crippen MR) is 190 cm³/mol. The molecule has 0 fully saturated rings. The molecule has 6 heteroatoms. The highest BCUT2D eigenvalue weighted by molar-refractivity contribution is 5.59. The standard InChI is InChI=1S/C42H46N2O4/c1-5-15-45-39-31-11-9-13-33(39)24-35-19-29(27-43)21-37(41(35)47-17-7-3)26-38-22-30(28-44)20-36(42(38)48-18-8-4)25-34-14-10-12-32(23-31)40(34)46-16-6-2/h9-14,19-22H,5-8,15-18,23-26H2,1-4H3. The van der Waals surface area contributed by atoms with Crippen molar-refractivity contribution < 1.29 is 18.9 Å². The first-order valence-corrected chi connectivity index (χ1v) is 17.4. The second-order valence-corrected chi connectivity index (χ2v) is 12.4. The molecule has 4 aromatic carbocycles. The Morgan fingerprint density at radius 3 is 0.958 bits per heavy atom. The molecule has 0 heterocycles. The topological polar surface area (TPSA) is 84.5 Å².